The van der Waals surface area contributed by atoms with Crippen LogP contribution in [0.3, 0.4) is 0 Å². The first-order valence-electron chi connectivity index (χ1n) is 4.80. The van der Waals surface area contributed by atoms with Gasteiger partial charge in [0.25, 0.3) is 0 Å². The molecule has 0 aromatic rings. The third-order valence-corrected chi connectivity index (χ3v) is 3.40. The maximum absolute atomic E-state index is 10.9. The Labute approximate surface area is 82.8 Å². The lowest BCUT2D eigenvalue weighted by molar-refractivity contribution is 0.0253. The molecule has 2 bridgehead atoms. The topological polar surface area (TPSA) is 60.8 Å². The van der Waals surface area contributed by atoms with Crippen molar-refractivity contribution in [1.29, 1.82) is 0 Å². The molecule has 1 saturated heterocycles. The Bertz CT molecular complexity index is 276. The number of carbonyl (C=O) groups is 1. The molecule has 1 amide bonds. The third-order valence-electron chi connectivity index (χ3n) is 3.40. The molecule has 0 spiro atoms. The highest BCUT2D eigenvalue weighted by atomic mass is 16.4. The van der Waals surface area contributed by atoms with Gasteiger partial charge in [0.05, 0.1) is 12.1 Å². The van der Waals surface area contributed by atoms with Crippen LogP contribution in [0.5, 0.6) is 0 Å². The molecule has 1 aliphatic carbocycles. The maximum Gasteiger partial charge on any atom is 0.407 e. The molecule has 2 rings (SSSR count). The van der Waals surface area contributed by atoms with Gasteiger partial charge in [-0.3, -0.25) is 0 Å². The first-order chi connectivity index (χ1) is 6.43. The minimum absolute atomic E-state index is 0.0602. The van der Waals surface area contributed by atoms with Crippen LogP contribution in [0.1, 0.15) is 19.8 Å². The molecular weight excluding hydrogens is 182 g/mol. The van der Waals surface area contributed by atoms with Crippen LogP contribution in [-0.4, -0.2) is 39.4 Å². The molecule has 1 aliphatic heterocycles. The second-order valence-corrected chi connectivity index (χ2v) is 4.56. The lowest BCUT2D eigenvalue weighted by Crippen LogP contribution is -2.45. The largest absolute Gasteiger partial charge is 0.465 e. The number of aliphatic hydroxyl groups is 1. The molecule has 0 radical (unpaired) electrons. The first-order valence-corrected chi connectivity index (χ1v) is 4.80. The van der Waals surface area contributed by atoms with Gasteiger partial charge < -0.3 is 15.1 Å². The van der Waals surface area contributed by atoms with Crippen molar-refractivity contribution < 1.29 is 15.0 Å². The monoisotopic (exact) mass is 197 g/mol. The second-order valence-electron chi connectivity index (χ2n) is 4.56. The number of piperidine rings is 1. The van der Waals surface area contributed by atoms with E-state index in [4.69, 9.17) is 5.11 Å². The molecule has 14 heavy (non-hydrogen) atoms. The van der Waals surface area contributed by atoms with Gasteiger partial charge in [0.2, 0.25) is 0 Å². The summed E-state index contributed by atoms with van der Waals surface area (Å²) in [5, 5.41) is 19.0. The Hall–Kier alpha value is -1.03. The summed E-state index contributed by atoms with van der Waals surface area (Å²) < 4.78 is 0. The molecule has 3 unspecified atom stereocenters. The van der Waals surface area contributed by atoms with Crippen molar-refractivity contribution in [3.63, 3.8) is 0 Å². The lowest BCUT2D eigenvalue weighted by atomic mass is 9.91. The number of likely N-dealkylation sites (tertiary alicyclic amines) is 1. The van der Waals surface area contributed by atoms with Crippen molar-refractivity contribution in [2.75, 3.05) is 6.54 Å². The van der Waals surface area contributed by atoms with Crippen LogP contribution >= 0.6 is 0 Å². The van der Waals surface area contributed by atoms with Crippen LogP contribution in [0.4, 0.5) is 4.79 Å². The van der Waals surface area contributed by atoms with Crippen molar-refractivity contribution >= 4 is 6.09 Å². The molecule has 1 heterocycles. The van der Waals surface area contributed by atoms with Crippen LogP contribution in [0.15, 0.2) is 12.2 Å². The molecule has 2 fully saturated rings. The van der Waals surface area contributed by atoms with Crippen molar-refractivity contribution in [2.45, 2.75) is 31.4 Å². The van der Waals surface area contributed by atoms with Gasteiger partial charge in [-0.15, -0.1) is 0 Å². The summed E-state index contributed by atoms with van der Waals surface area (Å²) >= 11 is 0. The van der Waals surface area contributed by atoms with Gasteiger partial charge in [-0.05, 0) is 19.8 Å². The average molecular weight is 197 g/mol. The van der Waals surface area contributed by atoms with E-state index in [2.05, 4.69) is 6.58 Å². The number of β-amino-alcohol motifs (C(OH)–C–C–N with tert-alkyl or cyclic N) is 1. The Balaban J connectivity index is 2.24. The minimum atomic E-state index is -0.933. The van der Waals surface area contributed by atoms with Gasteiger partial charge in [0, 0.05) is 12.0 Å². The number of carboxylic acid groups (broad SMARTS) is 1. The van der Waals surface area contributed by atoms with E-state index < -0.39 is 11.7 Å². The fourth-order valence-electron chi connectivity index (χ4n) is 2.76. The summed E-state index contributed by atoms with van der Waals surface area (Å²) in [5.41, 5.74) is 0.170. The lowest BCUT2D eigenvalue weighted by Gasteiger charge is -2.33. The zero-order valence-corrected chi connectivity index (χ0v) is 8.23. The normalized spacial score (nSPS) is 40.3. The quantitative estimate of drug-likeness (QED) is 0.618. The Morgan fingerprint density at radius 3 is 2.64 bits per heavy atom. The molecule has 0 aromatic carbocycles. The second kappa shape index (κ2) is 2.73. The van der Waals surface area contributed by atoms with Gasteiger partial charge in [-0.1, -0.05) is 12.2 Å². The summed E-state index contributed by atoms with van der Waals surface area (Å²) in [7, 11) is 0. The van der Waals surface area contributed by atoms with E-state index in [-0.39, 0.29) is 18.5 Å². The number of hydrogen-bond acceptors (Lipinski definition) is 2. The van der Waals surface area contributed by atoms with Crippen molar-refractivity contribution in [3.05, 3.63) is 12.2 Å². The highest BCUT2D eigenvalue weighted by Gasteiger charge is 2.55. The van der Waals surface area contributed by atoms with Crippen LogP contribution in [-0.2, 0) is 0 Å². The average Bonchev–Trinajstić information content (AvgIpc) is 2.55. The zero-order chi connectivity index (χ0) is 10.5. The van der Waals surface area contributed by atoms with E-state index in [1.165, 1.54) is 4.90 Å². The fraction of sp³-hybridized carbons (Fsp3) is 0.700. The number of hydrogen-bond donors (Lipinski definition) is 2. The maximum atomic E-state index is 10.9. The predicted octanol–water partition coefficient (Wildman–Crippen LogP) is 1.07. The van der Waals surface area contributed by atoms with Crippen LogP contribution in [0.25, 0.3) is 0 Å². The van der Waals surface area contributed by atoms with E-state index in [0.29, 0.717) is 12.8 Å². The summed E-state index contributed by atoms with van der Waals surface area (Å²) in [5.74, 6) is 0.129. The van der Waals surface area contributed by atoms with E-state index in [0.717, 1.165) is 5.57 Å². The van der Waals surface area contributed by atoms with E-state index in [1.807, 2.05) is 6.92 Å². The van der Waals surface area contributed by atoms with Crippen LogP contribution < -0.4 is 0 Å². The Kier molecular flexibility index (Phi) is 1.86. The van der Waals surface area contributed by atoms with Crippen LogP contribution in [0, 0.1) is 5.92 Å². The third kappa shape index (κ3) is 1.21. The smallest absolute Gasteiger partial charge is 0.407 e. The summed E-state index contributed by atoms with van der Waals surface area (Å²) in [6.07, 6.45) is 0.296. The molecule has 78 valence electrons. The number of rotatable bonds is 1. The zero-order valence-electron chi connectivity index (χ0n) is 8.23. The molecule has 2 aliphatic rings. The van der Waals surface area contributed by atoms with Gasteiger partial charge in [0.1, 0.15) is 0 Å². The number of amides is 1. The number of nitrogens with zero attached hydrogens (tertiary/aromatic N) is 1. The molecule has 4 nitrogen and oxygen atoms in total. The van der Waals surface area contributed by atoms with Gasteiger partial charge in [-0.2, -0.15) is 0 Å². The Morgan fingerprint density at radius 1 is 1.57 bits per heavy atom. The van der Waals surface area contributed by atoms with E-state index in [9.17, 15) is 9.90 Å². The van der Waals surface area contributed by atoms with Gasteiger partial charge >= 0.3 is 6.09 Å². The van der Waals surface area contributed by atoms with Crippen molar-refractivity contribution in [1.82, 2.24) is 4.90 Å². The molecule has 0 aromatic heterocycles. The van der Waals surface area contributed by atoms with Crippen molar-refractivity contribution in [2.24, 2.45) is 5.92 Å². The Morgan fingerprint density at radius 2 is 2.21 bits per heavy atom. The fourth-order valence-corrected chi connectivity index (χ4v) is 2.76. The summed E-state index contributed by atoms with van der Waals surface area (Å²) in [4.78, 5) is 12.2. The molecule has 2 N–H and O–H groups in total. The molecule has 3 atom stereocenters. The van der Waals surface area contributed by atoms with Crippen molar-refractivity contribution in [3.8, 4) is 0 Å². The van der Waals surface area contributed by atoms with E-state index >= 15 is 0 Å². The standard InChI is InChI=1S/C10H15NO3/c1-6(2)7-3-10(14)4-8(7)11(5-10)9(12)13/h7-8,14H,1,3-5H2,2H3,(H,12,13). The van der Waals surface area contributed by atoms with Gasteiger partial charge in [-0.25, -0.2) is 4.79 Å². The molecule has 4 heteroatoms. The van der Waals surface area contributed by atoms with Crippen LogP contribution in [0.2, 0.25) is 0 Å². The minimum Gasteiger partial charge on any atom is -0.465 e. The number of fused-ring (bicyclic) bond motifs is 2. The van der Waals surface area contributed by atoms with Gasteiger partial charge in [0.15, 0.2) is 0 Å². The highest BCUT2D eigenvalue weighted by Crippen LogP contribution is 2.47. The van der Waals surface area contributed by atoms with E-state index in [1.54, 1.807) is 0 Å². The highest BCUT2D eigenvalue weighted by molar-refractivity contribution is 5.66. The summed E-state index contributed by atoms with van der Waals surface area (Å²) in [6, 6.07) is -0.0602. The SMILES string of the molecule is C=C(C)C1CC2(O)CC1N(C(=O)O)C2. The molecular formula is C10H15NO3. The predicted molar refractivity (Wildman–Crippen MR) is 51.0 cm³/mol. The molecule has 1 saturated carbocycles. The first kappa shape index (κ1) is 9.52. The summed E-state index contributed by atoms with van der Waals surface area (Å²) in [6.45, 7) is 6.01.